The number of nitrogens with zero attached hydrogens (tertiary/aromatic N) is 1. The number of nitrogens with one attached hydrogen (secondary N) is 1. The number of alkyl halides is 1. The maximum absolute atomic E-state index is 12.4. The number of aliphatic imine (C=N–C) groups is 1. The molecular weight excluding hydrogens is 131 g/mol. The minimum absolute atomic E-state index is 0.0769. The molecule has 1 heterocycles. The normalized spacial score (nSPS) is 32.2. The molecule has 0 radical (unpaired) electrons. The smallest absolute Gasteiger partial charge is 0.147 e. The highest BCUT2D eigenvalue weighted by Gasteiger charge is 2.14. The van der Waals surface area contributed by atoms with E-state index in [1.807, 2.05) is 6.92 Å². The molecule has 0 aromatic carbocycles. The summed E-state index contributed by atoms with van der Waals surface area (Å²) in [6.45, 7) is 5.92. The lowest BCUT2D eigenvalue weighted by molar-refractivity contribution is 0.378. The largest absolute Gasteiger partial charge is 0.289 e. The summed E-state index contributed by atoms with van der Waals surface area (Å²) in [6, 6.07) is 0. The summed E-state index contributed by atoms with van der Waals surface area (Å²) < 4.78 is 12.4. The van der Waals surface area contributed by atoms with Gasteiger partial charge in [0.2, 0.25) is 0 Å². The number of halogens is 1. The van der Waals surface area contributed by atoms with Crippen LogP contribution in [0.5, 0.6) is 0 Å². The van der Waals surface area contributed by atoms with Crippen LogP contribution in [0.4, 0.5) is 4.39 Å². The van der Waals surface area contributed by atoms with Gasteiger partial charge in [0.05, 0.1) is 0 Å². The molecule has 0 fully saturated rings. The SMILES string of the molecule is C=C(C)C1N=C[C@@H](F)CN1. The van der Waals surface area contributed by atoms with E-state index < -0.39 is 6.17 Å². The fourth-order valence-electron chi connectivity index (χ4n) is 0.811. The predicted molar refractivity (Wildman–Crippen MR) is 40.0 cm³/mol. The maximum Gasteiger partial charge on any atom is 0.147 e. The van der Waals surface area contributed by atoms with Crippen LogP contribution in [0.3, 0.4) is 0 Å². The summed E-state index contributed by atoms with van der Waals surface area (Å²) >= 11 is 0. The van der Waals surface area contributed by atoms with Crippen molar-refractivity contribution in [3.8, 4) is 0 Å². The van der Waals surface area contributed by atoms with Crippen LogP contribution in [0.25, 0.3) is 0 Å². The van der Waals surface area contributed by atoms with Crippen molar-refractivity contribution in [2.75, 3.05) is 6.54 Å². The highest BCUT2D eigenvalue weighted by molar-refractivity contribution is 5.64. The second-order valence-corrected chi connectivity index (χ2v) is 2.47. The van der Waals surface area contributed by atoms with Crippen LogP contribution in [-0.2, 0) is 0 Å². The maximum atomic E-state index is 12.4. The van der Waals surface area contributed by atoms with E-state index in [1.54, 1.807) is 0 Å². The van der Waals surface area contributed by atoms with E-state index in [-0.39, 0.29) is 6.17 Å². The molecule has 10 heavy (non-hydrogen) atoms. The fraction of sp³-hybridized carbons (Fsp3) is 0.571. The van der Waals surface area contributed by atoms with Gasteiger partial charge in [0.1, 0.15) is 12.3 Å². The Balaban J connectivity index is 2.53. The van der Waals surface area contributed by atoms with Gasteiger partial charge in [-0.1, -0.05) is 6.58 Å². The lowest BCUT2D eigenvalue weighted by Gasteiger charge is -2.19. The summed E-state index contributed by atoms with van der Waals surface area (Å²) in [6.07, 6.45) is 0.318. The Morgan fingerprint density at radius 3 is 3.00 bits per heavy atom. The van der Waals surface area contributed by atoms with E-state index in [4.69, 9.17) is 0 Å². The zero-order chi connectivity index (χ0) is 7.56. The van der Waals surface area contributed by atoms with E-state index in [0.29, 0.717) is 6.54 Å². The molecule has 2 nitrogen and oxygen atoms in total. The second kappa shape index (κ2) is 2.92. The summed E-state index contributed by atoms with van der Waals surface area (Å²) in [7, 11) is 0. The Bertz CT molecular complexity index is 165. The van der Waals surface area contributed by atoms with Crippen molar-refractivity contribution in [1.82, 2.24) is 5.32 Å². The van der Waals surface area contributed by atoms with E-state index in [0.717, 1.165) is 5.57 Å². The summed E-state index contributed by atoms with van der Waals surface area (Å²) in [4.78, 5) is 3.90. The average Bonchev–Trinajstić information content (AvgIpc) is 1.88. The van der Waals surface area contributed by atoms with Crippen molar-refractivity contribution in [2.45, 2.75) is 19.3 Å². The first kappa shape index (κ1) is 7.41. The molecule has 1 rings (SSSR count). The third-order valence-corrected chi connectivity index (χ3v) is 1.37. The van der Waals surface area contributed by atoms with Crippen LogP contribution < -0.4 is 5.32 Å². The molecule has 1 unspecified atom stereocenters. The first-order chi connectivity index (χ1) is 4.70. The molecule has 1 N–H and O–H groups in total. The van der Waals surface area contributed by atoms with E-state index >= 15 is 0 Å². The third-order valence-electron chi connectivity index (χ3n) is 1.37. The molecule has 3 heteroatoms. The van der Waals surface area contributed by atoms with Crippen molar-refractivity contribution in [2.24, 2.45) is 4.99 Å². The van der Waals surface area contributed by atoms with Crippen molar-refractivity contribution in [3.05, 3.63) is 12.2 Å². The molecule has 1 aliphatic rings. The summed E-state index contributed by atoms with van der Waals surface area (Å²) in [5, 5.41) is 2.90. The monoisotopic (exact) mass is 142 g/mol. The first-order valence-corrected chi connectivity index (χ1v) is 3.26. The molecule has 56 valence electrons. The van der Waals surface area contributed by atoms with Crippen molar-refractivity contribution in [1.29, 1.82) is 0 Å². The standard InChI is InChI=1S/C7H11FN2/c1-5(2)7-9-3-6(8)4-10-7/h3,6-7,10H,1,4H2,2H3/t6-,7?/m1/s1. The van der Waals surface area contributed by atoms with E-state index in [9.17, 15) is 4.39 Å². The van der Waals surface area contributed by atoms with Crippen LogP contribution in [-0.4, -0.2) is 25.1 Å². The minimum Gasteiger partial charge on any atom is -0.289 e. The van der Waals surface area contributed by atoms with Crippen LogP contribution in [0.15, 0.2) is 17.1 Å². The molecule has 0 bridgehead atoms. The van der Waals surface area contributed by atoms with Gasteiger partial charge >= 0.3 is 0 Å². The molecule has 0 saturated carbocycles. The van der Waals surface area contributed by atoms with Gasteiger partial charge in [-0.15, -0.1) is 0 Å². The van der Waals surface area contributed by atoms with Crippen LogP contribution in [0.1, 0.15) is 6.92 Å². The predicted octanol–water partition coefficient (Wildman–Crippen LogP) is 0.901. The van der Waals surface area contributed by atoms with Crippen molar-refractivity contribution >= 4 is 6.21 Å². The summed E-state index contributed by atoms with van der Waals surface area (Å²) in [5.41, 5.74) is 0.920. The molecule has 1 aliphatic heterocycles. The number of hydrogen-bond acceptors (Lipinski definition) is 2. The van der Waals surface area contributed by atoms with Gasteiger partial charge in [-0.2, -0.15) is 0 Å². The number of hydrogen-bond donors (Lipinski definition) is 1. The van der Waals surface area contributed by atoms with Gasteiger partial charge in [-0.05, 0) is 12.5 Å². The Labute approximate surface area is 59.8 Å². The van der Waals surface area contributed by atoms with Crippen LogP contribution >= 0.6 is 0 Å². The minimum atomic E-state index is -0.935. The molecular formula is C7H11FN2. The lowest BCUT2D eigenvalue weighted by atomic mass is 10.2. The molecule has 0 aliphatic carbocycles. The second-order valence-electron chi connectivity index (χ2n) is 2.47. The van der Waals surface area contributed by atoms with Gasteiger partial charge in [0.25, 0.3) is 0 Å². The molecule has 0 spiro atoms. The zero-order valence-electron chi connectivity index (χ0n) is 5.97. The Morgan fingerprint density at radius 1 is 1.90 bits per heavy atom. The van der Waals surface area contributed by atoms with Gasteiger partial charge in [-0.25, -0.2) is 4.39 Å². The Morgan fingerprint density at radius 2 is 2.60 bits per heavy atom. The topological polar surface area (TPSA) is 24.4 Å². The fourth-order valence-corrected chi connectivity index (χ4v) is 0.811. The quantitative estimate of drug-likeness (QED) is 0.540. The third kappa shape index (κ3) is 1.64. The van der Waals surface area contributed by atoms with Crippen molar-refractivity contribution < 1.29 is 4.39 Å². The van der Waals surface area contributed by atoms with Gasteiger partial charge in [0, 0.05) is 12.8 Å². The van der Waals surface area contributed by atoms with Gasteiger partial charge in [0.15, 0.2) is 0 Å². The Kier molecular flexibility index (Phi) is 2.17. The first-order valence-electron chi connectivity index (χ1n) is 3.26. The molecule has 2 atom stereocenters. The Hall–Kier alpha value is -0.700. The lowest BCUT2D eigenvalue weighted by Crippen LogP contribution is -2.38. The van der Waals surface area contributed by atoms with E-state index in [2.05, 4.69) is 16.9 Å². The van der Waals surface area contributed by atoms with Crippen LogP contribution in [0.2, 0.25) is 0 Å². The zero-order valence-corrected chi connectivity index (χ0v) is 5.97. The van der Waals surface area contributed by atoms with Crippen molar-refractivity contribution in [3.63, 3.8) is 0 Å². The molecule has 0 aromatic heterocycles. The molecule has 0 amide bonds. The average molecular weight is 142 g/mol. The van der Waals surface area contributed by atoms with Gasteiger partial charge in [-0.3, -0.25) is 10.3 Å². The van der Waals surface area contributed by atoms with Gasteiger partial charge < -0.3 is 0 Å². The highest BCUT2D eigenvalue weighted by Crippen LogP contribution is 2.03. The summed E-state index contributed by atoms with van der Waals surface area (Å²) in [5.74, 6) is 0. The van der Waals surface area contributed by atoms with E-state index in [1.165, 1.54) is 6.21 Å². The molecule has 0 aromatic rings. The van der Waals surface area contributed by atoms with Crippen LogP contribution in [0, 0.1) is 0 Å². The highest BCUT2D eigenvalue weighted by atomic mass is 19.1. The number of rotatable bonds is 1. The molecule has 0 saturated heterocycles.